The molecule has 3 aliphatic carbocycles. The zero-order valence-electron chi connectivity index (χ0n) is 24.3. The summed E-state index contributed by atoms with van der Waals surface area (Å²) in [6.07, 6.45) is 9.71. The lowest BCUT2D eigenvalue weighted by Crippen LogP contribution is -2.65. The second-order valence-corrected chi connectivity index (χ2v) is 12.9. The first-order valence-electron chi connectivity index (χ1n) is 15.2. The molecule has 218 valence electrons. The van der Waals surface area contributed by atoms with E-state index in [9.17, 15) is 14.4 Å². The Morgan fingerprint density at radius 1 is 1.23 bits per heavy atom. The van der Waals surface area contributed by atoms with Gasteiger partial charge in [0.2, 0.25) is 11.8 Å². The number of hydrogen-bond acceptors (Lipinski definition) is 7. The standard InChI is InChI=1S/C30H45BN4O5/c1-29(2)22-18-24(29)30(3)25(19-22)39-31(40-30)26-11-9-15-35(26)28(38)20-33-27(37)12-5-4-8-14-34(16-17-36)21-23-10-6-7-13-32-23/h6-7,10,13,17,22,24-26H,4-5,8-9,11-12,14-16,18-21H2,1-3H3,(H,33,37)/t22?,24?,25?,26?,30-/m0/s1. The van der Waals surface area contributed by atoms with Crippen molar-refractivity contribution in [3.8, 4) is 0 Å². The van der Waals surface area contributed by atoms with Gasteiger partial charge in [-0.3, -0.25) is 19.5 Å². The molecule has 6 rings (SSSR count). The fourth-order valence-electron chi connectivity index (χ4n) is 7.67. The molecule has 4 unspecified atom stereocenters. The van der Waals surface area contributed by atoms with Gasteiger partial charge in [-0.05, 0) is 81.4 Å². The topological polar surface area (TPSA) is 101 Å². The molecule has 3 saturated carbocycles. The van der Waals surface area contributed by atoms with E-state index in [4.69, 9.17) is 9.31 Å². The van der Waals surface area contributed by atoms with E-state index in [1.54, 1.807) is 6.20 Å². The van der Waals surface area contributed by atoms with Crippen molar-refractivity contribution in [1.29, 1.82) is 0 Å². The Balaban J connectivity index is 1.01. The second kappa shape index (κ2) is 12.3. The Labute approximate surface area is 238 Å². The molecule has 2 bridgehead atoms. The maximum absolute atomic E-state index is 13.1. The van der Waals surface area contributed by atoms with Gasteiger partial charge >= 0.3 is 7.12 Å². The Morgan fingerprint density at radius 3 is 2.83 bits per heavy atom. The molecule has 1 aromatic heterocycles. The van der Waals surface area contributed by atoms with E-state index in [2.05, 4.69) is 36.0 Å². The molecule has 10 heteroatoms. The van der Waals surface area contributed by atoms with Gasteiger partial charge in [0.1, 0.15) is 6.29 Å². The molecular formula is C30H45BN4O5. The van der Waals surface area contributed by atoms with Crippen LogP contribution >= 0.6 is 0 Å². The highest BCUT2D eigenvalue weighted by atomic mass is 16.7. The van der Waals surface area contributed by atoms with Crippen LogP contribution < -0.4 is 5.32 Å². The van der Waals surface area contributed by atoms with Crippen molar-refractivity contribution in [2.75, 3.05) is 26.2 Å². The van der Waals surface area contributed by atoms with Crippen molar-refractivity contribution in [3.05, 3.63) is 30.1 Å². The maximum Gasteiger partial charge on any atom is 0.481 e. The number of aromatic nitrogens is 1. The molecule has 0 aromatic carbocycles. The van der Waals surface area contributed by atoms with Crippen LogP contribution in [0.4, 0.5) is 0 Å². The molecule has 9 nitrogen and oxygen atoms in total. The van der Waals surface area contributed by atoms with E-state index >= 15 is 0 Å². The third-order valence-corrected chi connectivity index (χ3v) is 10.2. The highest BCUT2D eigenvalue weighted by molar-refractivity contribution is 6.48. The Kier molecular flexibility index (Phi) is 8.97. The van der Waals surface area contributed by atoms with Gasteiger partial charge in [0, 0.05) is 25.7 Å². The van der Waals surface area contributed by atoms with Crippen LogP contribution in [0.25, 0.3) is 0 Å². The van der Waals surface area contributed by atoms with Gasteiger partial charge in [0.15, 0.2) is 0 Å². The Morgan fingerprint density at radius 2 is 2.08 bits per heavy atom. The van der Waals surface area contributed by atoms with Crippen molar-refractivity contribution >= 4 is 25.2 Å². The molecule has 3 heterocycles. The maximum atomic E-state index is 13.1. The van der Waals surface area contributed by atoms with Gasteiger partial charge in [-0.15, -0.1) is 0 Å². The second-order valence-electron chi connectivity index (χ2n) is 12.9. The molecule has 5 atom stereocenters. The minimum Gasteiger partial charge on any atom is -0.404 e. The van der Waals surface area contributed by atoms with E-state index in [0.717, 1.165) is 57.0 Å². The van der Waals surface area contributed by atoms with E-state index in [0.29, 0.717) is 37.9 Å². The molecule has 5 fully saturated rings. The van der Waals surface area contributed by atoms with Gasteiger partial charge in [-0.1, -0.05) is 26.3 Å². The van der Waals surface area contributed by atoms with Crippen LogP contribution in [-0.2, 0) is 30.2 Å². The molecule has 1 aromatic rings. The zero-order chi connectivity index (χ0) is 28.3. The summed E-state index contributed by atoms with van der Waals surface area (Å²) >= 11 is 0. The number of likely N-dealkylation sites (tertiary alicyclic amines) is 1. The fraction of sp³-hybridized carbons (Fsp3) is 0.733. The normalized spacial score (nSPS) is 30.2. The number of rotatable bonds is 13. The predicted octanol–water partition coefficient (Wildman–Crippen LogP) is 3.02. The van der Waals surface area contributed by atoms with Gasteiger partial charge < -0.3 is 24.3 Å². The molecule has 0 spiro atoms. The summed E-state index contributed by atoms with van der Waals surface area (Å²) in [6.45, 7) is 9.38. The van der Waals surface area contributed by atoms with Crippen molar-refractivity contribution in [1.82, 2.24) is 20.1 Å². The number of carbonyl (C=O) groups excluding carboxylic acids is 3. The summed E-state index contributed by atoms with van der Waals surface area (Å²) in [5.74, 6) is 0.930. The minimum atomic E-state index is -0.385. The Hall–Kier alpha value is -2.30. The van der Waals surface area contributed by atoms with Crippen molar-refractivity contribution in [2.45, 2.75) is 96.3 Å². The number of hydrogen-bond donors (Lipinski definition) is 1. The van der Waals surface area contributed by atoms with Crippen LogP contribution in [0.3, 0.4) is 0 Å². The lowest BCUT2D eigenvalue weighted by atomic mass is 9.43. The smallest absolute Gasteiger partial charge is 0.404 e. The highest BCUT2D eigenvalue weighted by Gasteiger charge is 2.69. The summed E-state index contributed by atoms with van der Waals surface area (Å²) in [5, 5.41) is 2.83. The number of amides is 2. The quantitative estimate of drug-likeness (QED) is 0.228. The lowest BCUT2D eigenvalue weighted by Gasteiger charge is -2.64. The van der Waals surface area contributed by atoms with E-state index in [1.165, 1.54) is 6.42 Å². The van der Waals surface area contributed by atoms with Gasteiger partial charge in [-0.25, -0.2) is 0 Å². The molecule has 2 aliphatic heterocycles. The van der Waals surface area contributed by atoms with Gasteiger partial charge in [-0.2, -0.15) is 0 Å². The molecule has 0 radical (unpaired) electrons. The van der Waals surface area contributed by atoms with Crippen LogP contribution in [0.1, 0.15) is 77.8 Å². The van der Waals surface area contributed by atoms with Crippen LogP contribution in [0, 0.1) is 17.3 Å². The van der Waals surface area contributed by atoms with Crippen LogP contribution in [0.5, 0.6) is 0 Å². The molecule has 1 N–H and O–H groups in total. The number of nitrogens with zero attached hydrogens (tertiary/aromatic N) is 3. The van der Waals surface area contributed by atoms with E-state index < -0.39 is 0 Å². The molecule has 5 aliphatic rings. The van der Waals surface area contributed by atoms with Crippen molar-refractivity contribution < 1.29 is 23.7 Å². The number of unbranched alkanes of at least 4 members (excludes halogenated alkanes) is 2. The van der Waals surface area contributed by atoms with E-state index in [-0.39, 0.29) is 48.5 Å². The zero-order valence-corrected chi connectivity index (χ0v) is 24.3. The number of aldehydes is 1. The monoisotopic (exact) mass is 552 g/mol. The first-order chi connectivity index (χ1) is 19.2. The molecule has 2 amide bonds. The highest BCUT2D eigenvalue weighted by Crippen LogP contribution is 2.65. The van der Waals surface area contributed by atoms with Crippen LogP contribution in [0.2, 0.25) is 0 Å². The van der Waals surface area contributed by atoms with Crippen LogP contribution in [-0.4, -0.2) is 83.8 Å². The van der Waals surface area contributed by atoms with Gasteiger partial charge in [0.05, 0.1) is 36.4 Å². The summed E-state index contributed by atoms with van der Waals surface area (Å²) in [5.41, 5.74) is 0.942. The fourth-order valence-corrected chi connectivity index (χ4v) is 7.67. The van der Waals surface area contributed by atoms with E-state index in [1.807, 2.05) is 23.1 Å². The third-order valence-electron chi connectivity index (χ3n) is 10.2. The largest absolute Gasteiger partial charge is 0.481 e. The van der Waals surface area contributed by atoms with Gasteiger partial charge in [0.25, 0.3) is 0 Å². The summed E-state index contributed by atoms with van der Waals surface area (Å²) in [4.78, 5) is 44.9. The average molecular weight is 553 g/mol. The Bertz CT molecular complexity index is 1060. The summed E-state index contributed by atoms with van der Waals surface area (Å²) in [6, 6.07) is 5.78. The molecule has 2 saturated heterocycles. The summed E-state index contributed by atoms with van der Waals surface area (Å²) in [7, 11) is -0.385. The minimum absolute atomic E-state index is 0.0116. The lowest BCUT2D eigenvalue weighted by molar-refractivity contribution is -0.199. The molecular weight excluding hydrogens is 507 g/mol. The average Bonchev–Trinajstić information content (AvgIpc) is 3.56. The van der Waals surface area contributed by atoms with Crippen LogP contribution in [0.15, 0.2) is 24.4 Å². The number of carbonyl (C=O) groups is 3. The number of pyridine rings is 1. The number of nitrogens with one attached hydrogen (secondary N) is 1. The SMILES string of the molecule is CC1(C)C2CC3OB(C4CCCN4C(=O)CNC(=O)CCCCCN(CC=O)Cc4ccccn4)O[C@@]3(C)C1C2. The first kappa shape index (κ1) is 29.2. The third kappa shape index (κ3) is 5.99. The van der Waals surface area contributed by atoms with Crippen molar-refractivity contribution in [3.63, 3.8) is 0 Å². The summed E-state index contributed by atoms with van der Waals surface area (Å²) < 4.78 is 13.1. The predicted molar refractivity (Wildman–Crippen MR) is 152 cm³/mol. The van der Waals surface area contributed by atoms with Crippen molar-refractivity contribution in [2.24, 2.45) is 17.3 Å². The first-order valence-corrected chi connectivity index (χ1v) is 15.2. The molecule has 40 heavy (non-hydrogen) atoms.